The molecule has 0 bridgehead atoms. The Balaban J connectivity index is 2.00. The van der Waals surface area contributed by atoms with E-state index in [9.17, 15) is 4.79 Å². The molecule has 1 aromatic heterocycles. The number of rotatable bonds is 3. The van der Waals surface area contributed by atoms with E-state index in [2.05, 4.69) is 32.7 Å². The van der Waals surface area contributed by atoms with Crippen LogP contribution < -0.4 is 0 Å². The largest absolute Gasteiger partial charge is 0.339 e. The predicted molar refractivity (Wildman–Crippen MR) is 79.2 cm³/mol. The minimum atomic E-state index is 0.0815. The minimum absolute atomic E-state index is 0.0815. The Morgan fingerprint density at radius 2 is 2.21 bits per heavy atom. The first-order chi connectivity index (χ1) is 9.11. The van der Waals surface area contributed by atoms with E-state index in [1.54, 1.807) is 18.3 Å². The van der Waals surface area contributed by atoms with Gasteiger partial charge in [0.2, 0.25) is 0 Å². The highest BCUT2D eigenvalue weighted by molar-refractivity contribution is 9.10. The van der Waals surface area contributed by atoms with E-state index in [0.717, 1.165) is 32.5 Å². The molecule has 19 heavy (non-hydrogen) atoms. The zero-order valence-corrected chi connectivity index (χ0v) is 13.1. The Bertz CT molecular complexity index is 444. The number of aromatic nitrogens is 1. The van der Waals surface area contributed by atoms with Gasteiger partial charge in [0.05, 0.1) is 0 Å². The number of hydrogen-bond donors (Lipinski definition) is 0. The first kappa shape index (κ1) is 14.5. The van der Waals surface area contributed by atoms with Gasteiger partial charge in [-0.15, -0.1) is 0 Å². The van der Waals surface area contributed by atoms with Crippen LogP contribution in [0.1, 0.15) is 30.1 Å². The normalized spacial score (nSPS) is 17.4. The average molecular weight is 326 g/mol. The van der Waals surface area contributed by atoms with Gasteiger partial charge in [-0.1, -0.05) is 6.92 Å². The Kier molecular flexibility index (Phi) is 4.93. The molecule has 0 spiro atoms. The van der Waals surface area contributed by atoms with Gasteiger partial charge >= 0.3 is 0 Å². The van der Waals surface area contributed by atoms with Crippen molar-refractivity contribution in [1.29, 1.82) is 0 Å². The van der Waals surface area contributed by atoms with Crippen LogP contribution in [0.2, 0.25) is 0 Å². The maximum atomic E-state index is 12.4. The van der Waals surface area contributed by atoms with Crippen LogP contribution in [-0.4, -0.2) is 53.4 Å². The van der Waals surface area contributed by atoms with Crippen molar-refractivity contribution >= 4 is 21.8 Å². The van der Waals surface area contributed by atoms with Gasteiger partial charge in [-0.05, 0) is 47.4 Å². The molecule has 1 fully saturated rings. The minimum Gasteiger partial charge on any atom is -0.339 e. The number of likely N-dealkylation sites (tertiary alicyclic amines) is 1. The van der Waals surface area contributed by atoms with Crippen molar-refractivity contribution in [2.24, 2.45) is 0 Å². The van der Waals surface area contributed by atoms with E-state index in [1.165, 1.54) is 0 Å². The van der Waals surface area contributed by atoms with E-state index in [4.69, 9.17) is 0 Å². The van der Waals surface area contributed by atoms with Crippen LogP contribution in [-0.2, 0) is 0 Å². The van der Waals surface area contributed by atoms with Crippen molar-refractivity contribution < 1.29 is 4.79 Å². The van der Waals surface area contributed by atoms with Gasteiger partial charge < -0.3 is 9.80 Å². The zero-order chi connectivity index (χ0) is 13.8. The van der Waals surface area contributed by atoms with E-state index in [0.29, 0.717) is 16.2 Å². The Morgan fingerprint density at radius 1 is 1.53 bits per heavy atom. The van der Waals surface area contributed by atoms with Crippen molar-refractivity contribution in [3.05, 3.63) is 28.5 Å². The number of amides is 1. The van der Waals surface area contributed by atoms with Crippen molar-refractivity contribution in [2.75, 3.05) is 26.7 Å². The molecule has 0 unspecified atom stereocenters. The fourth-order valence-corrected chi connectivity index (χ4v) is 2.89. The van der Waals surface area contributed by atoms with E-state index in [1.807, 2.05) is 11.9 Å². The number of carbonyl (C=O) groups excluding carboxylic acids is 1. The molecule has 0 N–H and O–H groups in total. The molecule has 0 atom stereocenters. The van der Waals surface area contributed by atoms with Crippen LogP contribution in [0.5, 0.6) is 0 Å². The number of halogens is 1. The number of carbonyl (C=O) groups is 1. The van der Waals surface area contributed by atoms with E-state index < -0.39 is 0 Å². The maximum absolute atomic E-state index is 12.4. The lowest BCUT2D eigenvalue weighted by Crippen LogP contribution is -2.45. The Hall–Kier alpha value is -0.940. The molecule has 5 heteroatoms. The molecule has 2 rings (SSSR count). The first-order valence-electron chi connectivity index (χ1n) is 6.73. The summed E-state index contributed by atoms with van der Waals surface area (Å²) in [7, 11) is 1.91. The van der Waals surface area contributed by atoms with Crippen LogP contribution in [0.25, 0.3) is 0 Å². The van der Waals surface area contributed by atoms with Crippen LogP contribution in [0.15, 0.2) is 22.9 Å². The topological polar surface area (TPSA) is 36.4 Å². The summed E-state index contributed by atoms with van der Waals surface area (Å²) < 4.78 is 0.701. The third kappa shape index (κ3) is 3.54. The summed E-state index contributed by atoms with van der Waals surface area (Å²) in [4.78, 5) is 20.8. The number of nitrogens with zero attached hydrogens (tertiary/aromatic N) is 3. The fourth-order valence-electron chi connectivity index (χ4n) is 2.53. The van der Waals surface area contributed by atoms with Crippen LogP contribution >= 0.6 is 15.9 Å². The maximum Gasteiger partial charge on any atom is 0.253 e. The third-order valence-electron chi connectivity index (χ3n) is 3.85. The highest BCUT2D eigenvalue weighted by atomic mass is 79.9. The summed E-state index contributed by atoms with van der Waals surface area (Å²) in [5, 5.41) is 0. The molecule has 2 heterocycles. The van der Waals surface area contributed by atoms with Gasteiger partial charge in [0.15, 0.2) is 0 Å². The van der Waals surface area contributed by atoms with Gasteiger partial charge in [0, 0.05) is 37.9 Å². The summed E-state index contributed by atoms with van der Waals surface area (Å²) in [6, 6.07) is 3.90. The summed E-state index contributed by atoms with van der Waals surface area (Å²) in [5.74, 6) is 0.0815. The van der Waals surface area contributed by atoms with Crippen molar-refractivity contribution in [3.8, 4) is 0 Å². The van der Waals surface area contributed by atoms with Gasteiger partial charge in [-0.3, -0.25) is 4.79 Å². The standard InChI is InChI=1S/C14H20BrN3O/c1-3-18-8-5-12(6-9-18)17(2)14(19)11-4-7-16-13(15)10-11/h4,7,10,12H,3,5-6,8-9H2,1-2H3. The number of pyridine rings is 1. The molecule has 4 nitrogen and oxygen atoms in total. The first-order valence-corrected chi connectivity index (χ1v) is 7.52. The van der Waals surface area contributed by atoms with Crippen molar-refractivity contribution in [1.82, 2.24) is 14.8 Å². The number of hydrogen-bond acceptors (Lipinski definition) is 3. The number of piperidine rings is 1. The molecule has 0 aliphatic carbocycles. The summed E-state index contributed by atoms with van der Waals surface area (Å²) in [6.45, 7) is 5.45. The highest BCUT2D eigenvalue weighted by Gasteiger charge is 2.25. The van der Waals surface area contributed by atoms with Crippen molar-refractivity contribution in [2.45, 2.75) is 25.8 Å². The molecular formula is C14H20BrN3O. The van der Waals surface area contributed by atoms with Crippen LogP contribution in [0.4, 0.5) is 0 Å². The molecule has 0 saturated carbocycles. The molecule has 1 amide bonds. The van der Waals surface area contributed by atoms with Crippen LogP contribution in [0.3, 0.4) is 0 Å². The van der Waals surface area contributed by atoms with Crippen molar-refractivity contribution in [3.63, 3.8) is 0 Å². The Labute approximate surface area is 122 Å². The van der Waals surface area contributed by atoms with E-state index >= 15 is 0 Å². The second kappa shape index (κ2) is 6.48. The average Bonchev–Trinajstić information content (AvgIpc) is 2.46. The molecule has 1 aliphatic heterocycles. The summed E-state index contributed by atoms with van der Waals surface area (Å²) >= 11 is 3.30. The third-order valence-corrected chi connectivity index (χ3v) is 4.28. The lowest BCUT2D eigenvalue weighted by Gasteiger charge is -2.36. The molecule has 104 valence electrons. The molecule has 0 radical (unpaired) electrons. The molecule has 1 saturated heterocycles. The molecule has 0 aromatic carbocycles. The molecule has 1 aliphatic rings. The zero-order valence-electron chi connectivity index (χ0n) is 11.5. The second-order valence-corrected chi connectivity index (χ2v) is 5.76. The molecule has 1 aromatic rings. The monoisotopic (exact) mass is 325 g/mol. The van der Waals surface area contributed by atoms with Crippen LogP contribution in [0, 0.1) is 0 Å². The van der Waals surface area contributed by atoms with Gasteiger partial charge in [0.1, 0.15) is 4.60 Å². The smallest absolute Gasteiger partial charge is 0.253 e. The lowest BCUT2D eigenvalue weighted by atomic mass is 10.0. The second-order valence-electron chi connectivity index (χ2n) is 4.95. The summed E-state index contributed by atoms with van der Waals surface area (Å²) in [6.07, 6.45) is 3.77. The quantitative estimate of drug-likeness (QED) is 0.801. The van der Waals surface area contributed by atoms with Gasteiger partial charge in [-0.25, -0.2) is 4.98 Å². The molecular weight excluding hydrogens is 306 g/mol. The lowest BCUT2D eigenvalue weighted by molar-refractivity contribution is 0.0646. The SMILES string of the molecule is CCN1CCC(N(C)C(=O)c2ccnc(Br)c2)CC1. The van der Waals surface area contributed by atoms with Gasteiger partial charge in [-0.2, -0.15) is 0 Å². The Morgan fingerprint density at radius 3 is 2.79 bits per heavy atom. The predicted octanol–water partition coefficient (Wildman–Crippen LogP) is 2.40. The van der Waals surface area contributed by atoms with Gasteiger partial charge in [0.25, 0.3) is 5.91 Å². The van der Waals surface area contributed by atoms with E-state index in [-0.39, 0.29) is 5.91 Å². The summed E-state index contributed by atoms with van der Waals surface area (Å²) in [5.41, 5.74) is 0.697. The highest BCUT2D eigenvalue weighted by Crippen LogP contribution is 2.18. The fraction of sp³-hybridized carbons (Fsp3) is 0.571.